The third-order valence-electron chi connectivity index (χ3n) is 5.83. The summed E-state index contributed by atoms with van der Waals surface area (Å²) < 4.78 is 48.0. The summed E-state index contributed by atoms with van der Waals surface area (Å²) in [5.41, 5.74) is -0.186. The summed E-state index contributed by atoms with van der Waals surface area (Å²) in [5, 5.41) is 6.10. The highest BCUT2D eigenvalue weighted by Gasteiger charge is 2.36. The molecule has 3 rings (SSSR count). The fourth-order valence-electron chi connectivity index (χ4n) is 4.07. The molecule has 0 saturated heterocycles. The number of carbonyl (C=O) groups is 1. The van der Waals surface area contributed by atoms with Crippen LogP contribution in [-0.2, 0) is 43.4 Å². The van der Waals surface area contributed by atoms with Gasteiger partial charge in [-0.1, -0.05) is 17.7 Å². The van der Waals surface area contributed by atoms with Gasteiger partial charge in [0.25, 0.3) is 5.56 Å². The molecule has 2 N–H and O–H groups in total. The largest absolute Gasteiger partial charge is 0.446 e. The molecule has 0 aliphatic rings. The molecule has 3 aromatic rings. The summed E-state index contributed by atoms with van der Waals surface area (Å²) in [6, 6.07) is 6.11. The van der Waals surface area contributed by atoms with Crippen molar-refractivity contribution in [2.45, 2.75) is 59.4 Å². The number of halogens is 4. The number of aromatic nitrogens is 2. The normalized spacial score (nSPS) is 11.7. The number of carbonyl (C=O) groups excluding carboxylic acids is 1. The molecule has 1 amide bonds. The number of hydrogen-bond acceptors (Lipinski definition) is 5. The molecule has 36 heavy (non-hydrogen) atoms. The minimum Gasteiger partial charge on any atom is -0.446 e. The van der Waals surface area contributed by atoms with Gasteiger partial charge in [-0.2, -0.15) is 13.2 Å². The predicted octanol–water partition coefficient (Wildman–Crippen LogP) is 4.25. The quantitative estimate of drug-likeness (QED) is 0.437. The zero-order valence-corrected chi connectivity index (χ0v) is 21.2. The first-order valence-electron chi connectivity index (χ1n) is 11.3. The van der Waals surface area contributed by atoms with Crippen molar-refractivity contribution in [2.75, 3.05) is 7.05 Å². The van der Waals surface area contributed by atoms with E-state index in [1.54, 1.807) is 39.1 Å². The molecule has 0 fully saturated rings. The van der Waals surface area contributed by atoms with E-state index < -0.39 is 35.2 Å². The average molecular weight is 525 g/mol. The Morgan fingerprint density at radius 2 is 1.86 bits per heavy atom. The van der Waals surface area contributed by atoms with Gasteiger partial charge in [0.15, 0.2) is 5.89 Å². The summed E-state index contributed by atoms with van der Waals surface area (Å²) in [4.78, 5) is 30.1. The number of oxazole rings is 1. The first-order valence-corrected chi connectivity index (χ1v) is 11.7. The highest BCUT2D eigenvalue weighted by atomic mass is 35.5. The number of nitrogens with zero attached hydrogens (tertiary/aromatic N) is 2. The highest BCUT2D eigenvalue weighted by Crippen LogP contribution is 2.31. The van der Waals surface area contributed by atoms with Crippen LogP contribution in [0.5, 0.6) is 0 Å². The number of aryl methyl sites for hydroxylation is 4. The van der Waals surface area contributed by atoms with Crippen molar-refractivity contribution in [1.82, 2.24) is 20.2 Å². The van der Waals surface area contributed by atoms with Crippen LogP contribution in [-0.4, -0.2) is 22.5 Å². The molecule has 0 spiro atoms. The summed E-state index contributed by atoms with van der Waals surface area (Å²) in [7, 11) is 1.77. The molecule has 0 atom stereocenters. The van der Waals surface area contributed by atoms with Crippen LogP contribution in [0.25, 0.3) is 0 Å². The van der Waals surface area contributed by atoms with Crippen molar-refractivity contribution in [3.8, 4) is 0 Å². The molecule has 1 aromatic carbocycles. The van der Waals surface area contributed by atoms with Crippen LogP contribution >= 0.6 is 11.6 Å². The molecule has 0 unspecified atom stereocenters. The van der Waals surface area contributed by atoms with Crippen molar-refractivity contribution in [3.63, 3.8) is 0 Å². The van der Waals surface area contributed by atoms with Gasteiger partial charge in [0.05, 0.1) is 17.7 Å². The summed E-state index contributed by atoms with van der Waals surface area (Å²) in [5.74, 6) is 0.351. The molecule has 0 bridgehead atoms. The molecule has 0 radical (unpaired) electrons. The van der Waals surface area contributed by atoms with Crippen LogP contribution in [0.4, 0.5) is 13.2 Å². The van der Waals surface area contributed by atoms with E-state index in [1.165, 1.54) is 11.5 Å². The van der Waals surface area contributed by atoms with E-state index in [0.717, 1.165) is 17.2 Å². The minimum atomic E-state index is -4.79. The topological polar surface area (TPSA) is 89.2 Å². The first kappa shape index (κ1) is 27.5. The van der Waals surface area contributed by atoms with Gasteiger partial charge in [-0.15, -0.1) is 0 Å². The Morgan fingerprint density at radius 1 is 1.14 bits per heavy atom. The van der Waals surface area contributed by atoms with E-state index in [2.05, 4.69) is 15.6 Å². The Labute approximate surface area is 211 Å². The Bertz CT molecular complexity index is 1320. The second-order valence-corrected chi connectivity index (χ2v) is 8.95. The molecule has 0 saturated carbocycles. The molecule has 194 valence electrons. The van der Waals surface area contributed by atoms with E-state index in [9.17, 15) is 22.8 Å². The van der Waals surface area contributed by atoms with Crippen LogP contribution in [0.15, 0.2) is 33.5 Å². The lowest BCUT2D eigenvalue weighted by Crippen LogP contribution is -2.34. The van der Waals surface area contributed by atoms with Gasteiger partial charge in [0, 0.05) is 49.3 Å². The Kier molecular flexibility index (Phi) is 8.63. The van der Waals surface area contributed by atoms with Crippen molar-refractivity contribution >= 4 is 17.5 Å². The molecule has 7 nitrogen and oxygen atoms in total. The number of nitrogens with one attached hydrogen (secondary N) is 2. The molecule has 0 aliphatic heterocycles. The number of amides is 1. The second kappa shape index (κ2) is 11.3. The fourth-order valence-corrected chi connectivity index (χ4v) is 4.27. The fraction of sp³-hybridized carbons (Fsp3) is 0.400. The maximum atomic E-state index is 13.8. The Hall–Kier alpha value is -3.11. The van der Waals surface area contributed by atoms with Gasteiger partial charge in [-0.05, 0) is 50.2 Å². The molecular weight excluding hydrogens is 497 g/mol. The maximum Gasteiger partial charge on any atom is 0.416 e. The number of alkyl halides is 3. The third kappa shape index (κ3) is 6.55. The van der Waals surface area contributed by atoms with E-state index >= 15 is 0 Å². The molecule has 2 heterocycles. The zero-order chi connectivity index (χ0) is 26.6. The number of hydrogen-bond donors (Lipinski definition) is 2. The number of rotatable bonds is 9. The monoisotopic (exact) mass is 524 g/mol. The van der Waals surface area contributed by atoms with E-state index in [1.807, 2.05) is 0 Å². The number of pyridine rings is 1. The van der Waals surface area contributed by atoms with Crippen LogP contribution in [0.1, 0.15) is 45.3 Å². The Balaban J connectivity index is 1.86. The van der Waals surface area contributed by atoms with Crippen LogP contribution in [0.3, 0.4) is 0 Å². The van der Waals surface area contributed by atoms with Gasteiger partial charge >= 0.3 is 6.18 Å². The third-order valence-corrected chi connectivity index (χ3v) is 6.07. The average Bonchev–Trinajstić information content (AvgIpc) is 3.11. The second-order valence-electron chi connectivity index (χ2n) is 8.52. The van der Waals surface area contributed by atoms with Crippen molar-refractivity contribution < 1.29 is 22.4 Å². The summed E-state index contributed by atoms with van der Waals surface area (Å²) in [6.45, 7) is 5.53. The van der Waals surface area contributed by atoms with Crippen molar-refractivity contribution in [2.24, 2.45) is 0 Å². The molecule has 2 aromatic heterocycles. The van der Waals surface area contributed by atoms with Crippen LogP contribution in [0, 0.1) is 20.8 Å². The van der Waals surface area contributed by atoms with E-state index in [4.69, 9.17) is 16.0 Å². The minimum absolute atomic E-state index is 0.0581. The maximum absolute atomic E-state index is 13.8. The van der Waals surface area contributed by atoms with Crippen molar-refractivity contribution in [3.05, 3.63) is 84.9 Å². The molecular formula is C25H28ClF3N4O3. The van der Waals surface area contributed by atoms with Gasteiger partial charge in [0.1, 0.15) is 5.76 Å². The van der Waals surface area contributed by atoms with Crippen molar-refractivity contribution in [1.29, 1.82) is 0 Å². The lowest BCUT2D eigenvalue weighted by atomic mass is 10.0. The van der Waals surface area contributed by atoms with E-state index in [0.29, 0.717) is 35.3 Å². The molecule has 0 aliphatic carbocycles. The van der Waals surface area contributed by atoms with Crippen LogP contribution < -0.4 is 16.2 Å². The molecule has 11 heteroatoms. The number of benzene rings is 1. The van der Waals surface area contributed by atoms with Crippen LogP contribution in [0.2, 0.25) is 5.02 Å². The standard InChI is InChI=1S/C25H28ClF3N4O3/c1-14-9-21(25(27,28)29)20(24(35)33(14)8-7-22-15(2)36-16(3)32-22)11-23(34)31-13-18-10-19(26)6-5-17(18)12-30-4/h5-6,9-10,30H,7-8,11-13H2,1-4H3,(H,31,34). The van der Waals surface area contributed by atoms with Gasteiger partial charge < -0.3 is 19.6 Å². The summed E-state index contributed by atoms with van der Waals surface area (Å²) in [6.07, 6.45) is -5.20. The van der Waals surface area contributed by atoms with Gasteiger partial charge in [-0.25, -0.2) is 4.98 Å². The lowest BCUT2D eigenvalue weighted by Gasteiger charge is -2.18. The highest BCUT2D eigenvalue weighted by molar-refractivity contribution is 6.30. The van der Waals surface area contributed by atoms with Gasteiger partial charge in [-0.3, -0.25) is 9.59 Å². The lowest BCUT2D eigenvalue weighted by molar-refractivity contribution is -0.138. The SMILES string of the molecule is CNCc1ccc(Cl)cc1CNC(=O)Cc1c(C(F)(F)F)cc(C)n(CCc2nc(C)oc2C)c1=O. The Morgan fingerprint density at radius 3 is 2.47 bits per heavy atom. The van der Waals surface area contributed by atoms with Gasteiger partial charge in [0.2, 0.25) is 5.91 Å². The smallest absolute Gasteiger partial charge is 0.416 e. The summed E-state index contributed by atoms with van der Waals surface area (Å²) >= 11 is 6.06. The van der Waals surface area contributed by atoms with E-state index in [-0.39, 0.29) is 18.8 Å². The first-order chi connectivity index (χ1) is 16.9. The zero-order valence-electron chi connectivity index (χ0n) is 20.5. The predicted molar refractivity (Wildman–Crippen MR) is 130 cm³/mol.